The molecule has 0 spiro atoms. The summed E-state index contributed by atoms with van der Waals surface area (Å²) in [5.41, 5.74) is 2.18. The molecule has 1 aliphatic rings. The van der Waals surface area contributed by atoms with E-state index in [1.165, 1.54) is 0 Å². The van der Waals surface area contributed by atoms with E-state index < -0.39 is 11.9 Å². The van der Waals surface area contributed by atoms with Crippen LogP contribution >= 0.6 is 15.9 Å². The van der Waals surface area contributed by atoms with Crippen molar-refractivity contribution in [3.63, 3.8) is 0 Å². The number of hydrogen-bond acceptors (Lipinski definition) is 5. The van der Waals surface area contributed by atoms with E-state index in [2.05, 4.69) is 21.2 Å². The Morgan fingerprint density at radius 2 is 1.79 bits per heavy atom. The second-order valence-corrected chi connectivity index (χ2v) is 8.55. The lowest BCUT2D eigenvalue weighted by Gasteiger charge is -2.17. The van der Waals surface area contributed by atoms with Crippen molar-refractivity contribution < 1.29 is 18.7 Å². The number of halogens is 1. The molecule has 33 heavy (non-hydrogen) atoms. The molecule has 4 aromatic rings. The van der Waals surface area contributed by atoms with E-state index >= 15 is 0 Å². The highest BCUT2D eigenvalue weighted by Crippen LogP contribution is 2.36. The summed E-state index contributed by atoms with van der Waals surface area (Å²) in [7, 11) is 0. The minimum Gasteiger partial charge on any atom is -0.490 e. The van der Waals surface area contributed by atoms with Gasteiger partial charge in [-0.25, -0.2) is 0 Å². The summed E-state index contributed by atoms with van der Waals surface area (Å²) in [5.74, 6) is 0.756. The van der Waals surface area contributed by atoms with Gasteiger partial charge < -0.3 is 19.2 Å². The van der Waals surface area contributed by atoms with Crippen molar-refractivity contribution in [2.45, 2.75) is 19.6 Å². The molecule has 0 saturated carbocycles. The Morgan fingerprint density at radius 3 is 2.58 bits per heavy atom. The van der Waals surface area contributed by atoms with Gasteiger partial charge >= 0.3 is 0 Å². The van der Waals surface area contributed by atoms with Crippen molar-refractivity contribution in [2.75, 3.05) is 6.61 Å². The molecule has 1 amide bonds. The number of benzene rings is 3. The molecule has 0 fully saturated rings. The highest BCUT2D eigenvalue weighted by atomic mass is 79.9. The van der Waals surface area contributed by atoms with Crippen LogP contribution in [-0.2, 0) is 6.61 Å². The molecular formula is C26H20BrNO5. The molecule has 1 atom stereocenters. The highest BCUT2D eigenvalue weighted by Gasteiger charge is 2.36. The van der Waals surface area contributed by atoms with Gasteiger partial charge in [0, 0.05) is 4.47 Å². The monoisotopic (exact) mass is 505 g/mol. The van der Waals surface area contributed by atoms with Crippen molar-refractivity contribution in [3.05, 3.63) is 104 Å². The van der Waals surface area contributed by atoms with Gasteiger partial charge in [-0.2, -0.15) is 0 Å². The smallest absolute Gasteiger partial charge is 0.288 e. The van der Waals surface area contributed by atoms with Crippen LogP contribution in [0.15, 0.2) is 80.4 Å². The van der Waals surface area contributed by atoms with Crippen LogP contribution in [0, 0.1) is 0 Å². The van der Waals surface area contributed by atoms with E-state index in [1.807, 2.05) is 43.3 Å². The molecule has 166 valence electrons. The van der Waals surface area contributed by atoms with E-state index in [0.717, 1.165) is 10.0 Å². The van der Waals surface area contributed by atoms with Crippen molar-refractivity contribution in [1.82, 2.24) is 5.32 Å². The SMILES string of the molecule is CCOc1cc(C2NC(=O)c3oc4ccc(Br)cc4c(=O)c32)ccc1OCc1ccccc1. The second kappa shape index (κ2) is 8.75. The number of rotatable bonds is 6. The van der Waals surface area contributed by atoms with Gasteiger partial charge in [-0.1, -0.05) is 52.3 Å². The third kappa shape index (κ3) is 4.00. The Kier molecular flexibility index (Phi) is 5.64. The number of carbonyl (C=O) groups is 1. The predicted octanol–water partition coefficient (Wildman–Crippen LogP) is 5.37. The largest absolute Gasteiger partial charge is 0.490 e. The topological polar surface area (TPSA) is 77.8 Å². The fourth-order valence-electron chi connectivity index (χ4n) is 3.96. The van der Waals surface area contributed by atoms with Crippen molar-refractivity contribution in [3.8, 4) is 11.5 Å². The maximum Gasteiger partial charge on any atom is 0.288 e. The highest BCUT2D eigenvalue weighted by molar-refractivity contribution is 9.10. The van der Waals surface area contributed by atoms with E-state index in [4.69, 9.17) is 13.9 Å². The third-order valence-electron chi connectivity index (χ3n) is 5.50. The molecule has 1 aliphatic heterocycles. The summed E-state index contributed by atoms with van der Waals surface area (Å²) in [6.07, 6.45) is 0. The Morgan fingerprint density at radius 1 is 0.970 bits per heavy atom. The van der Waals surface area contributed by atoms with E-state index in [-0.39, 0.29) is 11.2 Å². The Labute approximate surface area is 198 Å². The van der Waals surface area contributed by atoms with Crippen LogP contribution in [0.5, 0.6) is 11.5 Å². The van der Waals surface area contributed by atoms with Gasteiger partial charge in [0.25, 0.3) is 5.91 Å². The lowest BCUT2D eigenvalue weighted by Crippen LogP contribution is -2.22. The Hall–Kier alpha value is -3.58. The zero-order valence-electron chi connectivity index (χ0n) is 17.8. The Balaban J connectivity index is 1.53. The first-order chi connectivity index (χ1) is 16.0. The van der Waals surface area contributed by atoms with Crippen LogP contribution in [-0.4, -0.2) is 12.5 Å². The lowest BCUT2D eigenvalue weighted by atomic mass is 9.99. The van der Waals surface area contributed by atoms with Crippen LogP contribution in [0.3, 0.4) is 0 Å². The van der Waals surface area contributed by atoms with Crippen LogP contribution in [0.2, 0.25) is 0 Å². The molecule has 0 radical (unpaired) electrons. The van der Waals surface area contributed by atoms with Gasteiger partial charge in [0.2, 0.25) is 5.76 Å². The molecular weight excluding hydrogens is 486 g/mol. The summed E-state index contributed by atoms with van der Waals surface area (Å²) in [5, 5.41) is 3.29. The average Bonchev–Trinajstić information content (AvgIpc) is 3.16. The first kappa shape index (κ1) is 21.3. The standard InChI is InChI=1S/C26H20BrNO5/c1-2-31-21-12-16(8-10-20(21)32-14-15-6-4-3-5-7-15)23-22-24(29)18-13-17(27)9-11-19(18)33-25(22)26(30)28-23/h3-13,23H,2,14H2,1H3,(H,28,30). The molecule has 1 unspecified atom stereocenters. The van der Waals surface area contributed by atoms with Crippen LogP contribution < -0.4 is 20.2 Å². The van der Waals surface area contributed by atoms with Crippen molar-refractivity contribution in [1.29, 1.82) is 0 Å². The summed E-state index contributed by atoms with van der Waals surface area (Å²) in [6, 6.07) is 19.8. The fraction of sp³-hybridized carbons (Fsp3) is 0.154. The second-order valence-electron chi connectivity index (χ2n) is 7.63. The quantitative estimate of drug-likeness (QED) is 0.381. The predicted molar refractivity (Wildman–Crippen MR) is 128 cm³/mol. The number of carbonyl (C=O) groups excluding carboxylic acids is 1. The van der Waals surface area contributed by atoms with Crippen LogP contribution in [0.4, 0.5) is 0 Å². The van der Waals surface area contributed by atoms with Crippen LogP contribution in [0.1, 0.15) is 40.2 Å². The fourth-order valence-corrected chi connectivity index (χ4v) is 4.32. The van der Waals surface area contributed by atoms with E-state index in [0.29, 0.717) is 46.8 Å². The third-order valence-corrected chi connectivity index (χ3v) is 5.99. The minimum atomic E-state index is -0.644. The van der Waals surface area contributed by atoms with Crippen LogP contribution in [0.25, 0.3) is 11.0 Å². The van der Waals surface area contributed by atoms with Gasteiger partial charge in [0.05, 0.1) is 23.6 Å². The average molecular weight is 506 g/mol. The number of hydrogen-bond donors (Lipinski definition) is 1. The summed E-state index contributed by atoms with van der Waals surface area (Å²) in [6.45, 7) is 2.73. The van der Waals surface area contributed by atoms with Gasteiger partial charge in [-0.15, -0.1) is 0 Å². The van der Waals surface area contributed by atoms with Crippen molar-refractivity contribution in [2.24, 2.45) is 0 Å². The number of ether oxygens (including phenoxy) is 2. The van der Waals surface area contributed by atoms with Gasteiger partial charge in [0.1, 0.15) is 12.2 Å². The maximum absolute atomic E-state index is 13.3. The molecule has 1 N–H and O–H groups in total. The first-order valence-corrected chi connectivity index (χ1v) is 11.3. The normalized spacial score (nSPS) is 14.7. The molecule has 5 rings (SSSR count). The zero-order valence-corrected chi connectivity index (χ0v) is 19.3. The summed E-state index contributed by atoms with van der Waals surface area (Å²) >= 11 is 3.39. The van der Waals surface area contributed by atoms with Gasteiger partial charge in [-0.05, 0) is 48.4 Å². The number of amides is 1. The number of fused-ring (bicyclic) bond motifs is 2. The Bertz CT molecular complexity index is 1410. The maximum atomic E-state index is 13.3. The molecule has 3 aromatic carbocycles. The van der Waals surface area contributed by atoms with Gasteiger partial charge in [-0.3, -0.25) is 9.59 Å². The lowest BCUT2D eigenvalue weighted by molar-refractivity contribution is 0.0938. The molecule has 0 aliphatic carbocycles. The number of nitrogens with one attached hydrogen (secondary N) is 1. The summed E-state index contributed by atoms with van der Waals surface area (Å²) in [4.78, 5) is 25.9. The van der Waals surface area contributed by atoms with E-state index in [1.54, 1.807) is 30.3 Å². The van der Waals surface area contributed by atoms with Crippen molar-refractivity contribution >= 4 is 32.8 Å². The van der Waals surface area contributed by atoms with E-state index in [9.17, 15) is 9.59 Å². The molecule has 2 heterocycles. The minimum absolute atomic E-state index is 0.0437. The summed E-state index contributed by atoms with van der Waals surface area (Å²) < 4.78 is 18.4. The molecule has 1 aromatic heterocycles. The van der Waals surface area contributed by atoms with Gasteiger partial charge in [0.15, 0.2) is 16.9 Å². The molecule has 6 nitrogen and oxygen atoms in total. The molecule has 7 heteroatoms. The zero-order chi connectivity index (χ0) is 22.9. The first-order valence-electron chi connectivity index (χ1n) is 10.6. The molecule has 0 bridgehead atoms. The molecule has 0 saturated heterocycles.